The lowest BCUT2D eigenvalue weighted by molar-refractivity contribution is -0.130. The summed E-state index contributed by atoms with van der Waals surface area (Å²) in [5.41, 5.74) is 0.336. The van der Waals surface area contributed by atoms with Gasteiger partial charge in [-0.1, -0.05) is 12.5 Å². The van der Waals surface area contributed by atoms with E-state index in [2.05, 4.69) is 5.32 Å². The van der Waals surface area contributed by atoms with E-state index in [9.17, 15) is 13.6 Å². The molecule has 0 spiro atoms. The first kappa shape index (κ1) is 15.9. The molecule has 0 bridgehead atoms. The number of carbonyl (C=O) groups excluding carboxylic acids is 1. The highest BCUT2D eigenvalue weighted by Crippen LogP contribution is 2.15. The van der Waals surface area contributed by atoms with Gasteiger partial charge in [0.15, 0.2) is 0 Å². The van der Waals surface area contributed by atoms with Crippen molar-refractivity contribution in [2.75, 3.05) is 13.6 Å². The molecule has 5 heteroatoms. The molecule has 116 valence electrons. The van der Waals surface area contributed by atoms with Crippen LogP contribution >= 0.6 is 0 Å². The highest BCUT2D eigenvalue weighted by Gasteiger charge is 2.17. The van der Waals surface area contributed by atoms with Crippen molar-refractivity contribution in [3.8, 4) is 0 Å². The molecule has 1 heterocycles. The third-order valence-corrected chi connectivity index (χ3v) is 3.97. The summed E-state index contributed by atoms with van der Waals surface area (Å²) < 4.78 is 26.4. The molecule has 1 N–H and O–H groups in total. The Morgan fingerprint density at radius 3 is 2.86 bits per heavy atom. The number of nitrogens with one attached hydrogen (secondary N) is 1. The molecule has 1 aromatic rings. The molecule has 1 aliphatic heterocycles. The van der Waals surface area contributed by atoms with Gasteiger partial charge in [-0.25, -0.2) is 8.78 Å². The molecule has 21 heavy (non-hydrogen) atoms. The maximum absolute atomic E-state index is 13.6. The third-order valence-electron chi connectivity index (χ3n) is 3.97. The van der Waals surface area contributed by atoms with E-state index in [0.717, 1.165) is 25.5 Å². The third kappa shape index (κ3) is 4.77. The maximum Gasteiger partial charge on any atom is 0.222 e. The minimum Gasteiger partial charge on any atom is -0.341 e. The lowest BCUT2D eigenvalue weighted by Crippen LogP contribution is -2.35. The molecule has 1 atom stereocenters. The van der Waals surface area contributed by atoms with Crippen LogP contribution in [0.15, 0.2) is 18.2 Å². The fourth-order valence-corrected chi connectivity index (χ4v) is 2.65. The average molecular weight is 296 g/mol. The summed E-state index contributed by atoms with van der Waals surface area (Å²) in [6.45, 7) is 1.19. The van der Waals surface area contributed by atoms with E-state index < -0.39 is 11.6 Å². The number of piperidine rings is 1. The zero-order valence-electron chi connectivity index (χ0n) is 12.4. The first-order valence-electron chi connectivity index (χ1n) is 7.47. The van der Waals surface area contributed by atoms with Crippen molar-refractivity contribution in [1.29, 1.82) is 0 Å². The van der Waals surface area contributed by atoms with Crippen LogP contribution in [0, 0.1) is 11.6 Å². The number of halogens is 2. The largest absolute Gasteiger partial charge is 0.341 e. The van der Waals surface area contributed by atoms with Crippen LogP contribution in [0.4, 0.5) is 8.78 Å². The zero-order valence-corrected chi connectivity index (χ0v) is 12.4. The predicted molar refractivity (Wildman–Crippen MR) is 77.7 cm³/mol. The Labute approximate surface area is 124 Å². The number of benzene rings is 1. The van der Waals surface area contributed by atoms with Gasteiger partial charge in [-0.05, 0) is 31.9 Å². The number of amides is 1. The number of rotatable bonds is 5. The molecule has 0 aromatic heterocycles. The summed E-state index contributed by atoms with van der Waals surface area (Å²) >= 11 is 0. The van der Waals surface area contributed by atoms with Crippen molar-refractivity contribution in [2.24, 2.45) is 0 Å². The van der Waals surface area contributed by atoms with Crippen LogP contribution in [-0.2, 0) is 11.3 Å². The molecule has 2 rings (SSSR count). The number of hydrogen-bond donors (Lipinski definition) is 1. The number of hydrogen-bond acceptors (Lipinski definition) is 2. The predicted octanol–water partition coefficient (Wildman–Crippen LogP) is 2.85. The van der Waals surface area contributed by atoms with Crippen LogP contribution in [0.1, 0.15) is 37.7 Å². The fourth-order valence-electron chi connectivity index (χ4n) is 2.65. The Morgan fingerprint density at radius 1 is 1.38 bits per heavy atom. The molecule has 1 amide bonds. The molecule has 1 fully saturated rings. The normalized spacial score (nSPS) is 18.5. The smallest absolute Gasteiger partial charge is 0.222 e. The van der Waals surface area contributed by atoms with Crippen LogP contribution in [0.2, 0.25) is 0 Å². The van der Waals surface area contributed by atoms with Gasteiger partial charge >= 0.3 is 0 Å². The van der Waals surface area contributed by atoms with E-state index in [1.165, 1.54) is 29.9 Å². The van der Waals surface area contributed by atoms with E-state index in [4.69, 9.17) is 0 Å². The Hall–Kier alpha value is -1.49. The fraction of sp³-hybridized carbons (Fsp3) is 0.562. The van der Waals surface area contributed by atoms with Gasteiger partial charge in [-0.15, -0.1) is 0 Å². The second kappa shape index (κ2) is 7.50. The van der Waals surface area contributed by atoms with E-state index >= 15 is 0 Å². The van der Waals surface area contributed by atoms with Crippen LogP contribution < -0.4 is 5.32 Å². The molecule has 1 aromatic carbocycles. The summed E-state index contributed by atoms with van der Waals surface area (Å²) in [5, 5.41) is 3.41. The first-order valence-corrected chi connectivity index (χ1v) is 7.47. The molecule has 3 nitrogen and oxygen atoms in total. The van der Waals surface area contributed by atoms with Gasteiger partial charge in [0.05, 0.1) is 0 Å². The van der Waals surface area contributed by atoms with Gasteiger partial charge in [0, 0.05) is 37.7 Å². The first-order chi connectivity index (χ1) is 10.1. The topological polar surface area (TPSA) is 32.3 Å². The van der Waals surface area contributed by atoms with Crippen molar-refractivity contribution < 1.29 is 13.6 Å². The summed E-state index contributed by atoms with van der Waals surface area (Å²) in [6.07, 6.45) is 4.80. The molecule has 0 aliphatic carbocycles. The zero-order chi connectivity index (χ0) is 15.2. The highest BCUT2D eigenvalue weighted by molar-refractivity contribution is 5.75. The standard InChI is InChI=1S/C16H22F2N2O/c1-20(11-12-5-6-13(17)10-15(12)18)16(21)8-7-14-4-2-3-9-19-14/h5-6,10,14,19H,2-4,7-9,11H2,1H3. The summed E-state index contributed by atoms with van der Waals surface area (Å²) in [6, 6.07) is 3.86. The van der Waals surface area contributed by atoms with Crippen LogP contribution in [0.3, 0.4) is 0 Å². The van der Waals surface area contributed by atoms with Crippen LogP contribution in [0.5, 0.6) is 0 Å². The highest BCUT2D eigenvalue weighted by atomic mass is 19.1. The molecule has 0 saturated carbocycles. The molecule has 1 unspecified atom stereocenters. The second-order valence-corrected chi connectivity index (χ2v) is 5.67. The molecular formula is C16H22F2N2O. The Kier molecular flexibility index (Phi) is 5.67. The molecule has 1 aliphatic rings. The van der Waals surface area contributed by atoms with E-state index in [1.54, 1.807) is 7.05 Å². The van der Waals surface area contributed by atoms with E-state index in [0.29, 0.717) is 18.0 Å². The van der Waals surface area contributed by atoms with Crippen LogP contribution in [-0.4, -0.2) is 30.4 Å². The van der Waals surface area contributed by atoms with E-state index in [-0.39, 0.29) is 12.5 Å². The second-order valence-electron chi connectivity index (χ2n) is 5.67. The maximum atomic E-state index is 13.6. The summed E-state index contributed by atoms with van der Waals surface area (Å²) in [5.74, 6) is -1.22. The summed E-state index contributed by atoms with van der Waals surface area (Å²) in [4.78, 5) is 13.6. The van der Waals surface area contributed by atoms with Crippen molar-refractivity contribution >= 4 is 5.91 Å². The molecule has 1 saturated heterocycles. The Balaban J connectivity index is 1.81. The van der Waals surface area contributed by atoms with Gasteiger partial charge < -0.3 is 10.2 Å². The van der Waals surface area contributed by atoms with Crippen molar-refractivity contribution in [2.45, 2.75) is 44.7 Å². The summed E-state index contributed by atoms with van der Waals surface area (Å²) in [7, 11) is 1.65. The molecule has 0 radical (unpaired) electrons. The van der Waals surface area contributed by atoms with Gasteiger partial charge in [0.2, 0.25) is 5.91 Å². The van der Waals surface area contributed by atoms with Gasteiger partial charge in [-0.3, -0.25) is 4.79 Å². The number of carbonyl (C=O) groups is 1. The van der Waals surface area contributed by atoms with Gasteiger partial charge in [0.1, 0.15) is 11.6 Å². The SMILES string of the molecule is CN(Cc1ccc(F)cc1F)C(=O)CCC1CCCCN1. The van der Waals surface area contributed by atoms with Gasteiger partial charge in [-0.2, -0.15) is 0 Å². The van der Waals surface area contributed by atoms with Crippen molar-refractivity contribution in [3.63, 3.8) is 0 Å². The Bertz CT molecular complexity index is 487. The number of nitrogens with zero attached hydrogens (tertiary/aromatic N) is 1. The minimum absolute atomic E-state index is 0.00824. The average Bonchev–Trinajstić information content (AvgIpc) is 2.48. The van der Waals surface area contributed by atoms with Crippen molar-refractivity contribution in [3.05, 3.63) is 35.4 Å². The minimum atomic E-state index is -0.608. The van der Waals surface area contributed by atoms with Crippen molar-refractivity contribution in [1.82, 2.24) is 10.2 Å². The molecular weight excluding hydrogens is 274 g/mol. The quantitative estimate of drug-likeness (QED) is 0.906. The lowest BCUT2D eigenvalue weighted by Gasteiger charge is -2.24. The Morgan fingerprint density at radius 2 is 2.19 bits per heavy atom. The van der Waals surface area contributed by atoms with E-state index in [1.807, 2.05) is 0 Å². The monoisotopic (exact) mass is 296 g/mol. The lowest BCUT2D eigenvalue weighted by atomic mass is 10.0. The van der Waals surface area contributed by atoms with Gasteiger partial charge in [0.25, 0.3) is 0 Å². The van der Waals surface area contributed by atoms with Crippen LogP contribution in [0.25, 0.3) is 0 Å².